The molecule has 0 amide bonds. The number of rotatable bonds is 3. The van der Waals surface area contributed by atoms with Gasteiger partial charge in [0.1, 0.15) is 5.60 Å². The fraction of sp³-hybridized carbons (Fsp3) is 0.429. The van der Waals surface area contributed by atoms with Crippen LogP contribution >= 0.6 is 0 Å². The van der Waals surface area contributed by atoms with E-state index in [4.69, 9.17) is 11.3 Å². The van der Waals surface area contributed by atoms with E-state index in [0.29, 0.717) is 6.42 Å². The monoisotopic (exact) mass is 231 g/mol. The molecule has 0 aromatic heterocycles. The van der Waals surface area contributed by atoms with Crippen LogP contribution in [0.5, 0.6) is 0 Å². The highest BCUT2D eigenvalue weighted by Gasteiger charge is 2.29. The normalized spacial score (nSPS) is 12.6. The first-order chi connectivity index (χ1) is 7.92. The van der Waals surface area contributed by atoms with Crippen molar-refractivity contribution in [2.75, 3.05) is 0 Å². The van der Waals surface area contributed by atoms with E-state index in [0.717, 1.165) is 5.56 Å². The molecular weight excluding hydrogens is 214 g/mol. The molecule has 90 valence electrons. The average Bonchev–Trinajstić information content (AvgIpc) is 2.24. The smallest absolute Gasteiger partial charge is 0.391 e. The number of nitrogens with zero attached hydrogens (tertiary/aromatic N) is 1. The van der Waals surface area contributed by atoms with Crippen LogP contribution in [0.1, 0.15) is 26.3 Å². The predicted octanol–water partition coefficient (Wildman–Crippen LogP) is 2.86. The molecule has 0 saturated heterocycles. The maximum Gasteiger partial charge on any atom is 0.391 e. The number of hydrogen-bond donors (Lipinski definition) is 0. The Morgan fingerprint density at radius 1 is 1.35 bits per heavy atom. The topological polar surface area (TPSA) is 30.7 Å². The van der Waals surface area contributed by atoms with Gasteiger partial charge in [-0.05, 0) is 26.3 Å². The number of carbonyl (C=O) groups excluding carboxylic acids is 1. The SMILES string of the molecule is [C-]#[N+]C(Cc1ccccc1)C(=O)OC(C)(C)C. The highest BCUT2D eigenvalue weighted by atomic mass is 16.6. The highest BCUT2D eigenvalue weighted by Crippen LogP contribution is 2.13. The van der Waals surface area contributed by atoms with Gasteiger partial charge in [0.2, 0.25) is 0 Å². The molecule has 0 aliphatic heterocycles. The first kappa shape index (κ1) is 13.2. The molecule has 1 aromatic rings. The molecule has 1 atom stereocenters. The van der Waals surface area contributed by atoms with Gasteiger partial charge < -0.3 is 9.58 Å². The van der Waals surface area contributed by atoms with E-state index < -0.39 is 17.6 Å². The second-order valence-electron chi connectivity index (χ2n) is 4.87. The van der Waals surface area contributed by atoms with Crippen molar-refractivity contribution in [3.63, 3.8) is 0 Å². The van der Waals surface area contributed by atoms with Crippen LogP contribution in [0.4, 0.5) is 0 Å². The largest absolute Gasteiger partial charge is 0.454 e. The first-order valence-electron chi connectivity index (χ1n) is 5.56. The Hall–Kier alpha value is -1.82. The number of ether oxygens (including phenoxy) is 1. The van der Waals surface area contributed by atoms with Crippen LogP contribution in [0.2, 0.25) is 0 Å². The number of carbonyl (C=O) groups is 1. The molecule has 0 radical (unpaired) electrons. The van der Waals surface area contributed by atoms with Crippen molar-refractivity contribution in [1.82, 2.24) is 0 Å². The van der Waals surface area contributed by atoms with E-state index in [2.05, 4.69) is 4.85 Å². The molecule has 1 aromatic carbocycles. The van der Waals surface area contributed by atoms with Crippen LogP contribution < -0.4 is 0 Å². The van der Waals surface area contributed by atoms with Gasteiger partial charge in [-0.25, -0.2) is 11.4 Å². The molecular formula is C14H17NO2. The molecule has 0 spiro atoms. The van der Waals surface area contributed by atoms with E-state index in [-0.39, 0.29) is 0 Å². The number of hydrogen-bond acceptors (Lipinski definition) is 2. The van der Waals surface area contributed by atoms with Gasteiger partial charge >= 0.3 is 12.0 Å². The number of esters is 1. The minimum absolute atomic E-state index is 0.402. The molecule has 0 bridgehead atoms. The summed E-state index contributed by atoms with van der Waals surface area (Å²) in [6.07, 6.45) is 0.402. The molecule has 0 aliphatic rings. The standard InChI is InChI=1S/C14H17NO2/c1-14(2,3)17-13(16)12(15-4)10-11-8-6-5-7-9-11/h5-9,12H,10H2,1-3H3. The van der Waals surface area contributed by atoms with Crippen molar-refractivity contribution in [2.24, 2.45) is 0 Å². The van der Waals surface area contributed by atoms with Crippen LogP contribution in [0.3, 0.4) is 0 Å². The van der Waals surface area contributed by atoms with Crippen LogP contribution in [-0.4, -0.2) is 17.6 Å². The molecule has 1 unspecified atom stereocenters. The van der Waals surface area contributed by atoms with Gasteiger partial charge in [0, 0.05) is 0 Å². The minimum atomic E-state index is -0.753. The summed E-state index contributed by atoms with van der Waals surface area (Å²) < 4.78 is 5.21. The Morgan fingerprint density at radius 2 is 1.94 bits per heavy atom. The third-order valence-corrected chi connectivity index (χ3v) is 2.11. The zero-order valence-corrected chi connectivity index (χ0v) is 10.4. The second kappa shape index (κ2) is 5.49. The van der Waals surface area contributed by atoms with Crippen molar-refractivity contribution in [1.29, 1.82) is 0 Å². The lowest BCUT2D eigenvalue weighted by atomic mass is 10.1. The summed E-state index contributed by atoms with van der Waals surface area (Å²) in [4.78, 5) is 15.1. The maximum atomic E-state index is 11.8. The molecule has 0 N–H and O–H groups in total. The zero-order chi connectivity index (χ0) is 12.9. The molecule has 0 fully saturated rings. The van der Waals surface area contributed by atoms with E-state index in [1.807, 2.05) is 30.3 Å². The fourth-order valence-corrected chi connectivity index (χ4v) is 1.39. The summed E-state index contributed by atoms with van der Waals surface area (Å²) in [6.45, 7) is 12.5. The summed E-state index contributed by atoms with van der Waals surface area (Å²) >= 11 is 0. The Labute approximate surface area is 102 Å². The van der Waals surface area contributed by atoms with E-state index in [1.54, 1.807) is 20.8 Å². The van der Waals surface area contributed by atoms with Crippen molar-refractivity contribution < 1.29 is 9.53 Å². The molecule has 0 aliphatic carbocycles. The zero-order valence-electron chi connectivity index (χ0n) is 10.4. The van der Waals surface area contributed by atoms with Crippen molar-refractivity contribution in [2.45, 2.75) is 38.8 Å². The highest BCUT2D eigenvalue weighted by molar-refractivity contribution is 5.78. The van der Waals surface area contributed by atoms with Gasteiger partial charge in [-0.15, -0.1) is 0 Å². The summed E-state index contributed by atoms with van der Waals surface area (Å²) in [7, 11) is 0. The molecule has 0 saturated carbocycles. The molecule has 1 rings (SSSR count). The third kappa shape index (κ3) is 4.69. The molecule has 3 nitrogen and oxygen atoms in total. The summed E-state index contributed by atoms with van der Waals surface area (Å²) in [6, 6.07) is 8.75. The van der Waals surface area contributed by atoms with E-state index in [1.165, 1.54) is 0 Å². The van der Waals surface area contributed by atoms with Gasteiger partial charge in [-0.1, -0.05) is 30.3 Å². The number of benzene rings is 1. The van der Waals surface area contributed by atoms with Gasteiger partial charge in [-0.3, -0.25) is 0 Å². The average molecular weight is 231 g/mol. The van der Waals surface area contributed by atoms with Crippen LogP contribution in [0.25, 0.3) is 4.85 Å². The molecule has 17 heavy (non-hydrogen) atoms. The van der Waals surface area contributed by atoms with Crippen molar-refractivity contribution >= 4 is 5.97 Å². The lowest BCUT2D eigenvalue weighted by molar-refractivity contribution is -0.155. The summed E-state index contributed by atoms with van der Waals surface area (Å²) in [5.74, 6) is -0.448. The maximum absolute atomic E-state index is 11.8. The van der Waals surface area contributed by atoms with Gasteiger partial charge in [-0.2, -0.15) is 0 Å². The Balaban J connectivity index is 2.68. The second-order valence-corrected chi connectivity index (χ2v) is 4.87. The van der Waals surface area contributed by atoms with E-state index >= 15 is 0 Å². The molecule has 0 heterocycles. The van der Waals surface area contributed by atoms with Gasteiger partial charge in [0.05, 0.1) is 6.42 Å². The van der Waals surface area contributed by atoms with Gasteiger partial charge in [0.25, 0.3) is 0 Å². The molecule has 3 heteroatoms. The summed E-state index contributed by atoms with van der Waals surface area (Å²) in [5, 5.41) is 0. The first-order valence-corrected chi connectivity index (χ1v) is 5.56. The quantitative estimate of drug-likeness (QED) is 0.591. The van der Waals surface area contributed by atoms with Crippen LogP contribution in [0.15, 0.2) is 30.3 Å². The lowest BCUT2D eigenvalue weighted by Crippen LogP contribution is -2.31. The summed E-state index contributed by atoms with van der Waals surface area (Å²) in [5.41, 5.74) is 0.427. The lowest BCUT2D eigenvalue weighted by Gasteiger charge is -2.19. The minimum Gasteiger partial charge on any atom is -0.454 e. The van der Waals surface area contributed by atoms with Crippen LogP contribution in [0, 0.1) is 6.57 Å². The third-order valence-electron chi connectivity index (χ3n) is 2.11. The fourth-order valence-electron chi connectivity index (χ4n) is 1.39. The van der Waals surface area contributed by atoms with Crippen molar-refractivity contribution in [3.05, 3.63) is 47.3 Å². The van der Waals surface area contributed by atoms with Crippen LogP contribution in [-0.2, 0) is 16.0 Å². The predicted molar refractivity (Wildman–Crippen MR) is 66.4 cm³/mol. The Bertz CT molecular complexity index is 412. The van der Waals surface area contributed by atoms with E-state index in [9.17, 15) is 4.79 Å². The van der Waals surface area contributed by atoms with Gasteiger partial charge in [0.15, 0.2) is 0 Å². The Morgan fingerprint density at radius 3 is 2.41 bits per heavy atom. The van der Waals surface area contributed by atoms with Crippen molar-refractivity contribution in [3.8, 4) is 0 Å². The Kier molecular flexibility index (Phi) is 4.28.